The third kappa shape index (κ3) is 3.87. The number of piperidine rings is 1. The molecule has 1 aliphatic rings. The third-order valence-corrected chi connectivity index (χ3v) is 3.75. The Balaban J connectivity index is 1.91. The molecule has 0 atom stereocenters. The first-order chi connectivity index (χ1) is 9.58. The van der Waals surface area contributed by atoms with E-state index in [2.05, 4.69) is 22.6 Å². The number of rotatable bonds is 3. The van der Waals surface area contributed by atoms with E-state index in [0.29, 0.717) is 0 Å². The van der Waals surface area contributed by atoms with Gasteiger partial charge in [0.1, 0.15) is 5.75 Å². The lowest BCUT2D eigenvalue weighted by molar-refractivity contribution is 0.221. The van der Waals surface area contributed by atoms with Crippen molar-refractivity contribution in [2.24, 2.45) is 0 Å². The van der Waals surface area contributed by atoms with Crippen molar-refractivity contribution in [3.05, 3.63) is 23.8 Å². The summed E-state index contributed by atoms with van der Waals surface area (Å²) in [6.45, 7) is 4.02. The van der Waals surface area contributed by atoms with Crippen LogP contribution in [-0.4, -0.2) is 44.2 Å². The molecule has 2 rings (SSSR count). The van der Waals surface area contributed by atoms with Gasteiger partial charge in [0.25, 0.3) is 0 Å². The molecule has 20 heavy (non-hydrogen) atoms. The molecule has 1 aliphatic heterocycles. The monoisotopic (exact) mass is 277 g/mol. The molecule has 0 aliphatic carbocycles. The van der Waals surface area contributed by atoms with Crippen LogP contribution in [0.4, 0.5) is 10.5 Å². The molecule has 0 spiro atoms. The number of likely N-dealkylation sites (tertiary alicyclic amines) is 1. The van der Waals surface area contributed by atoms with Crippen LogP contribution in [0.1, 0.15) is 18.4 Å². The smallest absolute Gasteiger partial charge is 0.319 e. The van der Waals surface area contributed by atoms with E-state index in [1.807, 2.05) is 25.1 Å². The molecule has 110 valence electrons. The van der Waals surface area contributed by atoms with E-state index in [-0.39, 0.29) is 12.1 Å². The van der Waals surface area contributed by atoms with Gasteiger partial charge in [0, 0.05) is 17.8 Å². The van der Waals surface area contributed by atoms with Crippen molar-refractivity contribution >= 4 is 11.7 Å². The minimum atomic E-state index is -0.143. The van der Waals surface area contributed by atoms with E-state index < -0.39 is 0 Å². The predicted octanol–water partition coefficient (Wildman–Crippen LogP) is 2.22. The molecular weight excluding hydrogens is 254 g/mol. The summed E-state index contributed by atoms with van der Waals surface area (Å²) in [6.07, 6.45) is 2.00. The number of methoxy groups -OCH3 is 1. The Hall–Kier alpha value is -1.75. The van der Waals surface area contributed by atoms with Gasteiger partial charge < -0.3 is 20.3 Å². The molecular formula is C15H23N3O2. The summed E-state index contributed by atoms with van der Waals surface area (Å²) in [7, 11) is 3.73. The normalized spacial score (nSPS) is 16.8. The van der Waals surface area contributed by atoms with Crippen molar-refractivity contribution in [1.29, 1.82) is 0 Å². The molecule has 1 saturated heterocycles. The van der Waals surface area contributed by atoms with E-state index in [1.54, 1.807) is 7.11 Å². The molecule has 1 aromatic rings. The number of hydrogen-bond acceptors (Lipinski definition) is 3. The van der Waals surface area contributed by atoms with Crippen molar-refractivity contribution in [3.8, 4) is 5.75 Å². The molecule has 0 radical (unpaired) electrons. The molecule has 0 bridgehead atoms. The highest BCUT2D eigenvalue weighted by Gasteiger charge is 2.18. The average Bonchev–Trinajstić information content (AvgIpc) is 2.44. The van der Waals surface area contributed by atoms with Gasteiger partial charge in [-0.05, 0) is 51.5 Å². The Morgan fingerprint density at radius 1 is 1.35 bits per heavy atom. The molecule has 1 heterocycles. The highest BCUT2D eigenvalue weighted by atomic mass is 16.5. The highest BCUT2D eigenvalue weighted by Crippen LogP contribution is 2.21. The van der Waals surface area contributed by atoms with E-state index in [9.17, 15) is 4.79 Å². The van der Waals surface area contributed by atoms with Crippen LogP contribution < -0.4 is 15.4 Å². The van der Waals surface area contributed by atoms with Gasteiger partial charge in [0.05, 0.1) is 7.11 Å². The summed E-state index contributed by atoms with van der Waals surface area (Å²) in [6, 6.07) is 5.77. The molecule has 5 nitrogen and oxygen atoms in total. The fourth-order valence-electron chi connectivity index (χ4n) is 2.36. The zero-order valence-electron chi connectivity index (χ0n) is 12.4. The molecule has 2 N–H and O–H groups in total. The first kappa shape index (κ1) is 14.7. The Kier molecular flexibility index (Phi) is 4.84. The van der Waals surface area contributed by atoms with Gasteiger partial charge in [-0.25, -0.2) is 4.79 Å². The Morgan fingerprint density at radius 3 is 2.70 bits per heavy atom. The molecule has 1 aromatic carbocycles. The molecule has 5 heteroatoms. The number of benzene rings is 1. The maximum absolute atomic E-state index is 12.0. The van der Waals surface area contributed by atoms with Crippen LogP contribution in [0, 0.1) is 6.92 Å². The number of anilines is 1. The van der Waals surface area contributed by atoms with Crippen molar-refractivity contribution in [2.45, 2.75) is 25.8 Å². The second-order valence-electron chi connectivity index (χ2n) is 5.36. The van der Waals surface area contributed by atoms with Crippen LogP contribution in [0.5, 0.6) is 5.75 Å². The van der Waals surface area contributed by atoms with Crippen LogP contribution in [0.25, 0.3) is 0 Å². The first-order valence-corrected chi connectivity index (χ1v) is 6.99. The van der Waals surface area contributed by atoms with E-state index >= 15 is 0 Å². The van der Waals surface area contributed by atoms with Gasteiger partial charge >= 0.3 is 6.03 Å². The Morgan fingerprint density at radius 2 is 2.05 bits per heavy atom. The first-order valence-electron chi connectivity index (χ1n) is 6.99. The number of aryl methyl sites for hydroxylation is 1. The lowest BCUT2D eigenvalue weighted by Gasteiger charge is -2.29. The van der Waals surface area contributed by atoms with Gasteiger partial charge in [-0.15, -0.1) is 0 Å². The second kappa shape index (κ2) is 6.61. The highest BCUT2D eigenvalue weighted by molar-refractivity contribution is 5.90. The summed E-state index contributed by atoms with van der Waals surface area (Å²) in [5.74, 6) is 0.741. The number of nitrogens with zero attached hydrogens (tertiary/aromatic N) is 1. The van der Waals surface area contributed by atoms with Crippen molar-refractivity contribution in [2.75, 3.05) is 32.6 Å². The maximum atomic E-state index is 12.0. The van der Waals surface area contributed by atoms with Crippen LogP contribution in [0.2, 0.25) is 0 Å². The van der Waals surface area contributed by atoms with Gasteiger partial charge in [0.15, 0.2) is 0 Å². The van der Waals surface area contributed by atoms with Crippen LogP contribution in [0.3, 0.4) is 0 Å². The topological polar surface area (TPSA) is 53.6 Å². The predicted molar refractivity (Wildman–Crippen MR) is 80.4 cm³/mol. The molecule has 0 saturated carbocycles. The fraction of sp³-hybridized carbons (Fsp3) is 0.533. The average molecular weight is 277 g/mol. The van der Waals surface area contributed by atoms with Crippen LogP contribution in [0.15, 0.2) is 18.2 Å². The third-order valence-electron chi connectivity index (χ3n) is 3.75. The van der Waals surface area contributed by atoms with Gasteiger partial charge in [-0.3, -0.25) is 0 Å². The van der Waals surface area contributed by atoms with Gasteiger partial charge in [0.2, 0.25) is 0 Å². The number of amides is 2. The summed E-state index contributed by atoms with van der Waals surface area (Å²) < 4.78 is 5.18. The van der Waals surface area contributed by atoms with E-state index in [4.69, 9.17) is 4.74 Å². The van der Waals surface area contributed by atoms with Crippen LogP contribution in [-0.2, 0) is 0 Å². The number of urea groups is 1. The van der Waals surface area contributed by atoms with Gasteiger partial charge in [-0.1, -0.05) is 6.07 Å². The van der Waals surface area contributed by atoms with E-state index in [0.717, 1.165) is 42.9 Å². The number of nitrogens with one attached hydrogen (secondary N) is 2. The Bertz CT molecular complexity index is 468. The number of hydrogen-bond donors (Lipinski definition) is 2. The molecule has 0 aromatic heterocycles. The molecule has 2 amide bonds. The summed E-state index contributed by atoms with van der Waals surface area (Å²) in [5.41, 5.74) is 1.80. The zero-order chi connectivity index (χ0) is 14.5. The second-order valence-corrected chi connectivity index (χ2v) is 5.36. The maximum Gasteiger partial charge on any atom is 0.319 e. The lowest BCUT2D eigenvalue weighted by atomic mass is 10.1. The molecule has 0 unspecified atom stereocenters. The standard InChI is InChI=1S/C15H23N3O2/c1-11-4-5-13(20-3)10-14(11)17-15(19)16-12-6-8-18(2)9-7-12/h4-5,10,12H,6-9H2,1-3H3,(H2,16,17,19). The summed E-state index contributed by atoms with van der Waals surface area (Å²) in [4.78, 5) is 14.3. The Labute approximate surface area is 120 Å². The van der Waals surface area contributed by atoms with E-state index in [1.165, 1.54) is 0 Å². The largest absolute Gasteiger partial charge is 0.497 e. The van der Waals surface area contributed by atoms with Crippen molar-refractivity contribution in [3.63, 3.8) is 0 Å². The minimum absolute atomic E-state index is 0.143. The van der Waals surface area contributed by atoms with Crippen molar-refractivity contribution < 1.29 is 9.53 Å². The van der Waals surface area contributed by atoms with Gasteiger partial charge in [-0.2, -0.15) is 0 Å². The summed E-state index contributed by atoms with van der Waals surface area (Å²) in [5, 5.41) is 5.93. The zero-order valence-corrected chi connectivity index (χ0v) is 12.4. The molecule has 1 fully saturated rings. The van der Waals surface area contributed by atoms with Crippen molar-refractivity contribution in [1.82, 2.24) is 10.2 Å². The summed E-state index contributed by atoms with van der Waals surface area (Å²) >= 11 is 0. The number of ether oxygens (including phenoxy) is 1. The lowest BCUT2D eigenvalue weighted by Crippen LogP contribution is -2.44. The minimum Gasteiger partial charge on any atom is -0.497 e. The fourth-order valence-corrected chi connectivity index (χ4v) is 2.36. The number of carbonyl (C=O) groups excluding carboxylic acids is 1. The van der Waals surface area contributed by atoms with Crippen LogP contribution >= 0.6 is 0 Å². The number of carbonyl (C=O) groups is 1. The SMILES string of the molecule is COc1ccc(C)c(NC(=O)NC2CCN(C)CC2)c1. The quantitative estimate of drug-likeness (QED) is 0.890.